The molecule has 1 aliphatic rings. The highest BCUT2D eigenvalue weighted by molar-refractivity contribution is 9.10. The minimum Gasteiger partial charge on any atom is -0.223 e. The third kappa shape index (κ3) is 2.08. The smallest absolute Gasteiger partial charge is 0.181 e. The molecule has 0 bridgehead atoms. The van der Waals surface area contributed by atoms with Crippen LogP contribution in [0.15, 0.2) is 27.6 Å². The summed E-state index contributed by atoms with van der Waals surface area (Å²) in [6.45, 7) is 0. The maximum Gasteiger partial charge on any atom is 0.181 e. The van der Waals surface area contributed by atoms with E-state index in [0.29, 0.717) is 9.92 Å². The zero-order valence-electron chi connectivity index (χ0n) is 7.91. The van der Waals surface area contributed by atoms with E-state index in [2.05, 4.69) is 15.9 Å². The van der Waals surface area contributed by atoms with Crippen molar-refractivity contribution < 1.29 is 8.42 Å². The van der Waals surface area contributed by atoms with Gasteiger partial charge in [0.25, 0.3) is 0 Å². The molecule has 82 valence electrons. The van der Waals surface area contributed by atoms with E-state index in [1.54, 1.807) is 12.1 Å². The van der Waals surface area contributed by atoms with Gasteiger partial charge in [-0.3, -0.25) is 0 Å². The number of hydrogen-bond acceptors (Lipinski definition) is 2. The Morgan fingerprint density at radius 2 is 2.00 bits per heavy atom. The van der Waals surface area contributed by atoms with Gasteiger partial charge in [-0.05, 0) is 47.0 Å². The molecule has 2 rings (SSSR count). The molecule has 0 N–H and O–H groups in total. The molecule has 1 aromatic carbocycles. The molecule has 5 heteroatoms. The zero-order valence-corrected chi connectivity index (χ0v) is 11.1. The lowest BCUT2D eigenvalue weighted by atomic mass is 10.00. The van der Waals surface area contributed by atoms with Gasteiger partial charge in [-0.25, -0.2) is 8.42 Å². The van der Waals surface area contributed by atoms with E-state index in [-0.39, 0.29) is 5.25 Å². The Morgan fingerprint density at radius 1 is 1.33 bits per heavy atom. The van der Waals surface area contributed by atoms with Gasteiger partial charge in [-0.15, -0.1) is 0 Å². The molecule has 0 radical (unpaired) electrons. The molecule has 1 fully saturated rings. The average Bonchev–Trinajstić information content (AvgIpc) is 2.05. The van der Waals surface area contributed by atoms with Gasteiger partial charge < -0.3 is 0 Å². The molecule has 0 atom stereocenters. The van der Waals surface area contributed by atoms with Crippen LogP contribution in [0.5, 0.6) is 0 Å². The topological polar surface area (TPSA) is 34.1 Å². The van der Waals surface area contributed by atoms with Crippen LogP contribution in [-0.2, 0) is 9.84 Å². The first-order valence-corrected chi connectivity index (χ1v) is 7.42. The molecular formula is C10H10BrClO2S. The fourth-order valence-corrected chi connectivity index (χ4v) is 3.90. The van der Waals surface area contributed by atoms with Crippen molar-refractivity contribution in [1.29, 1.82) is 0 Å². The lowest BCUT2D eigenvalue weighted by Crippen LogP contribution is -2.28. The first-order valence-electron chi connectivity index (χ1n) is 4.71. The maximum absolute atomic E-state index is 12.0. The molecule has 1 aromatic rings. The summed E-state index contributed by atoms with van der Waals surface area (Å²) >= 11 is 9.11. The fourth-order valence-electron chi connectivity index (χ4n) is 1.53. The van der Waals surface area contributed by atoms with E-state index in [0.717, 1.165) is 23.7 Å². The monoisotopic (exact) mass is 308 g/mol. The minimum absolute atomic E-state index is 0.199. The van der Waals surface area contributed by atoms with Crippen molar-refractivity contribution in [3.05, 3.63) is 27.7 Å². The first kappa shape index (κ1) is 11.4. The molecule has 0 aliphatic heterocycles. The van der Waals surface area contributed by atoms with Gasteiger partial charge in [0.05, 0.1) is 15.2 Å². The molecule has 1 saturated carbocycles. The van der Waals surface area contributed by atoms with Crippen molar-refractivity contribution >= 4 is 37.4 Å². The van der Waals surface area contributed by atoms with Gasteiger partial charge in [0.1, 0.15) is 0 Å². The van der Waals surface area contributed by atoms with E-state index in [9.17, 15) is 8.42 Å². The summed E-state index contributed by atoms with van der Waals surface area (Å²) in [6.07, 6.45) is 2.56. The summed E-state index contributed by atoms with van der Waals surface area (Å²) in [4.78, 5) is 0.334. The summed E-state index contributed by atoms with van der Waals surface area (Å²) in [5, 5.41) is 0.241. The van der Waals surface area contributed by atoms with Crippen LogP contribution < -0.4 is 0 Å². The molecular weight excluding hydrogens is 300 g/mol. The maximum atomic E-state index is 12.0. The predicted molar refractivity (Wildman–Crippen MR) is 64.0 cm³/mol. The van der Waals surface area contributed by atoms with E-state index < -0.39 is 9.84 Å². The van der Waals surface area contributed by atoms with Crippen LogP contribution in [0, 0.1) is 0 Å². The van der Waals surface area contributed by atoms with Crippen molar-refractivity contribution in [1.82, 2.24) is 0 Å². The summed E-state index contributed by atoms with van der Waals surface area (Å²) in [7, 11) is -3.15. The number of hydrogen-bond donors (Lipinski definition) is 0. The molecule has 0 saturated heterocycles. The van der Waals surface area contributed by atoms with Gasteiger partial charge in [0.2, 0.25) is 0 Å². The normalized spacial score (nSPS) is 17.5. The number of rotatable bonds is 2. The zero-order chi connectivity index (χ0) is 11.1. The Bertz CT molecular complexity index is 480. The van der Waals surface area contributed by atoms with E-state index in [1.165, 1.54) is 6.07 Å². The second-order valence-electron chi connectivity index (χ2n) is 3.67. The average molecular weight is 310 g/mol. The van der Waals surface area contributed by atoms with Gasteiger partial charge >= 0.3 is 0 Å². The Balaban J connectivity index is 2.40. The molecule has 0 unspecified atom stereocenters. The predicted octanol–water partition coefficient (Wildman–Crippen LogP) is 3.43. The minimum atomic E-state index is -3.15. The molecule has 0 amide bonds. The third-order valence-electron chi connectivity index (χ3n) is 2.71. The van der Waals surface area contributed by atoms with Crippen molar-refractivity contribution in [2.24, 2.45) is 0 Å². The van der Waals surface area contributed by atoms with E-state index in [1.807, 2.05) is 0 Å². The highest BCUT2D eigenvalue weighted by Gasteiger charge is 2.32. The molecule has 0 heterocycles. The molecule has 0 spiro atoms. The van der Waals surface area contributed by atoms with Crippen LogP contribution in [0.2, 0.25) is 5.02 Å². The largest absolute Gasteiger partial charge is 0.223 e. The SMILES string of the molecule is O=S(=O)(c1ccc(Br)c(Cl)c1)C1CCC1. The summed E-state index contributed by atoms with van der Waals surface area (Å²) < 4.78 is 24.7. The summed E-state index contributed by atoms with van der Waals surface area (Å²) in [5.74, 6) is 0. The molecule has 15 heavy (non-hydrogen) atoms. The van der Waals surface area contributed by atoms with Crippen LogP contribution in [0.4, 0.5) is 0 Å². The Hall–Kier alpha value is -0.0600. The van der Waals surface area contributed by atoms with Crippen LogP contribution in [0.3, 0.4) is 0 Å². The number of sulfone groups is 1. The highest BCUT2D eigenvalue weighted by Crippen LogP contribution is 2.33. The van der Waals surface area contributed by atoms with Gasteiger partial charge in [0, 0.05) is 4.47 Å². The van der Waals surface area contributed by atoms with Gasteiger partial charge in [-0.2, -0.15) is 0 Å². The summed E-state index contributed by atoms with van der Waals surface area (Å²) in [6, 6.07) is 4.79. The van der Waals surface area contributed by atoms with Crippen LogP contribution in [0.25, 0.3) is 0 Å². The quantitative estimate of drug-likeness (QED) is 0.839. The first-order chi connectivity index (χ1) is 7.01. The number of benzene rings is 1. The van der Waals surface area contributed by atoms with Crippen LogP contribution in [-0.4, -0.2) is 13.7 Å². The standard InChI is InChI=1S/C10H10BrClO2S/c11-9-5-4-8(6-10(9)12)15(13,14)7-2-1-3-7/h4-7H,1-3H2. The Labute approximate surface area is 103 Å². The fraction of sp³-hybridized carbons (Fsp3) is 0.400. The lowest BCUT2D eigenvalue weighted by Gasteiger charge is -2.25. The van der Waals surface area contributed by atoms with E-state index >= 15 is 0 Å². The second-order valence-corrected chi connectivity index (χ2v) is 7.16. The molecule has 1 aliphatic carbocycles. The number of halogens is 2. The van der Waals surface area contributed by atoms with Gasteiger partial charge in [0.15, 0.2) is 9.84 Å². The molecule has 2 nitrogen and oxygen atoms in total. The van der Waals surface area contributed by atoms with Crippen LogP contribution in [0.1, 0.15) is 19.3 Å². The Morgan fingerprint density at radius 3 is 2.47 bits per heavy atom. The van der Waals surface area contributed by atoms with Gasteiger partial charge in [-0.1, -0.05) is 18.0 Å². The van der Waals surface area contributed by atoms with Crippen molar-refractivity contribution in [3.63, 3.8) is 0 Å². The lowest BCUT2D eigenvalue weighted by molar-refractivity contribution is 0.477. The van der Waals surface area contributed by atoms with E-state index in [4.69, 9.17) is 11.6 Å². The summed E-state index contributed by atoms with van der Waals surface area (Å²) in [5.41, 5.74) is 0. The third-order valence-corrected chi connectivity index (χ3v) is 6.20. The van der Waals surface area contributed by atoms with Crippen molar-refractivity contribution in [3.8, 4) is 0 Å². The van der Waals surface area contributed by atoms with Crippen molar-refractivity contribution in [2.75, 3.05) is 0 Å². The molecule has 0 aromatic heterocycles. The van der Waals surface area contributed by atoms with Crippen LogP contribution >= 0.6 is 27.5 Å². The Kier molecular flexibility index (Phi) is 3.10. The highest BCUT2D eigenvalue weighted by atomic mass is 79.9. The van der Waals surface area contributed by atoms with Crippen molar-refractivity contribution in [2.45, 2.75) is 29.4 Å². The second kappa shape index (κ2) is 4.07.